The summed E-state index contributed by atoms with van der Waals surface area (Å²) in [4.78, 5) is 12.8. The van der Waals surface area contributed by atoms with E-state index in [4.69, 9.17) is 9.47 Å². The maximum Gasteiger partial charge on any atom is 0.213 e. The molecule has 7 heteroatoms. The first kappa shape index (κ1) is 25.5. The molecule has 0 spiro atoms. The van der Waals surface area contributed by atoms with Crippen molar-refractivity contribution in [2.45, 2.75) is 65.2 Å². The van der Waals surface area contributed by atoms with Crippen molar-refractivity contribution in [3.05, 3.63) is 54.5 Å². The van der Waals surface area contributed by atoms with Crippen molar-refractivity contribution in [2.75, 3.05) is 13.2 Å². The van der Waals surface area contributed by atoms with E-state index in [2.05, 4.69) is 21.9 Å². The first-order valence-electron chi connectivity index (χ1n) is 12.2. The van der Waals surface area contributed by atoms with E-state index in [-0.39, 0.29) is 17.1 Å². The van der Waals surface area contributed by atoms with E-state index >= 15 is 0 Å². The molecule has 0 bridgehead atoms. The highest BCUT2D eigenvalue weighted by atomic mass is 19.2. The average Bonchev–Trinajstić information content (AvgIpc) is 2.87. The first-order chi connectivity index (χ1) is 16.6. The number of aromatic nitrogens is 3. The zero-order chi connectivity index (χ0) is 24.2. The Morgan fingerprint density at radius 2 is 1.32 bits per heavy atom. The van der Waals surface area contributed by atoms with Gasteiger partial charge in [-0.2, -0.15) is 4.39 Å². The van der Waals surface area contributed by atoms with Crippen molar-refractivity contribution in [1.82, 2.24) is 15.0 Å². The standard InChI is InChI=1S/C27H33F2N3O2/c1-3-5-7-8-9-10-16-34-24-14-11-20(17-30-24)21-18-31-27(32-19-21)22-12-13-23(26(29)25(22)28)33-15-6-4-2/h11-14,17-19H,3-10,15-16H2,1-2H3. The van der Waals surface area contributed by atoms with Crippen LogP contribution in [0.3, 0.4) is 0 Å². The summed E-state index contributed by atoms with van der Waals surface area (Å²) < 4.78 is 40.0. The molecule has 0 radical (unpaired) electrons. The number of hydrogen-bond donors (Lipinski definition) is 0. The van der Waals surface area contributed by atoms with Crippen molar-refractivity contribution >= 4 is 0 Å². The minimum Gasteiger partial charge on any atom is -0.490 e. The van der Waals surface area contributed by atoms with Crippen LogP contribution >= 0.6 is 0 Å². The van der Waals surface area contributed by atoms with Crippen LogP contribution in [-0.4, -0.2) is 28.2 Å². The SMILES string of the molecule is CCCCCCCCOc1ccc(-c2cnc(-c3ccc(OCCCC)c(F)c3F)nc2)cn1. The van der Waals surface area contributed by atoms with Gasteiger partial charge in [0.2, 0.25) is 11.7 Å². The monoisotopic (exact) mass is 469 g/mol. The summed E-state index contributed by atoms with van der Waals surface area (Å²) in [5, 5.41) is 0. The molecule has 1 aromatic carbocycles. The van der Waals surface area contributed by atoms with Crippen LogP contribution in [0.4, 0.5) is 8.78 Å². The topological polar surface area (TPSA) is 57.1 Å². The summed E-state index contributed by atoms with van der Waals surface area (Å²) in [6.07, 6.45) is 13.8. The molecule has 5 nitrogen and oxygen atoms in total. The molecule has 2 heterocycles. The molecule has 2 aromatic heterocycles. The molecule has 34 heavy (non-hydrogen) atoms. The molecule has 0 aliphatic carbocycles. The van der Waals surface area contributed by atoms with E-state index in [1.807, 2.05) is 19.1 Å². The number of ether oxygens (including phenoxy) is 2. The molecule has 0 saturated carbocycles. The van der Waals surface area contributed by atoms with Gasteiger partial charge >= 0.3 is 0 Å². The Bertz CT molecular complexity index is 1010. The maximum absolute atomic E-state index is 14.6. The first-order valence-corrected chi connectivity index (χ1v) is 12.2. The second-order valence-corrected chi connectivity index (χ2v) is 8.24. The minimum atomic E-state index is -1.03. The lowest BCUT2D eigenvalue weighted by molar-refractivity contribution is 0.289. The summed E-state index contributed by atoms with van der Waals surface area (Å²) in [5.74, 6) is -1.46. The molecule has 0 atom stereocenters. The number of benzene rings is 1. The highest BCUT2D eigenvalue weighted by Crippen LogP contribution is 2.29. The van der Waals surface area contributed by atoms with Gasteiger partial charge in [0.1, 0.15) is 0 Å². The zero-order valence-electron chi connectivity index (χ0n) is 20.0. The summed E-state index contributed by atoms with van der Waals surface area (Å²) in [6, 6.07) is 6.54. The molecule has 0 fully saturated rings. The van der Waals surface area contributed by atoms with Gasteiger partial charge in [0.25, 0.3) is 0 Å². The summed E-state index contributed by atoms with van der Waals surface area (Å²) in [7, 11) is 0. The summed E-state index contributed by atoms with van der Waals surface area (Å²) in [6.45, 7) is 5.21. The lowest BCUT2D eigenvalue weighted by atomic mass is 10.1. The van der Waals surface area contributed by atoms with Gasteiger partial charge in [-0.1, -0.05) is 52.4 Å². The fraction of sp³-hybridized carbons (Fsp3) is 0.444. The van der Waals surface area contributed by atoms with E-state index in [0.717, 1.165) is 30.4 Å². The third kappa shape index (κ3) is 7.20. The van der Waals surface area contributed by atoms with E-state index in [1.54, 1.807) is 18.6 Å². The van der Waals surface area contributed by atoms with Crippen LogP contribution < -0.4 is 9.47 Å². The van der Waals surface area contributed by atoms with E-state index in [1.165, 1.54) is 44.2 Å². The van der Waals surface area contributed by atoms with Crippen LogP contribution in [0, 0.1) is 11.6 Å². The second kappa shape index (κ2) is 13.6. The van der Waals surface area contributed by atoms with E-state index in [9.17, 15) is 8.78 Å². The van der Waals surface area contributed by atoms with Crippen LogP contribution in [0.5, 0.6) is 11.6 Å². The Hall–Kier alpha value is -3.09. The second-order valence-electron chi connectivity index (χ2n) is 8.24. The van der Waals surface area contributed by atoms with Gasteiger partial charge in [-0.15, -0.1) is 0 Å². The van der Waals surface area contributed by atoms with Crippen LogP contribution in [0.1, 0.15) is 65.2 Å². The fourth-order valence-electron chi connectivity index (χ4n) is 3.45. The largest absolute Gasteiger partial charge is 0.490 e. The third-order valence-corrected chi connectivity index (χ3v) is 5.51. The number of halogens is 2. The third-order valence-electron chi connectivity index (χ3n) is 5.51. The van der Waals surface area contributed by atoms with Gasteiger partial charge in [-0.25, -0.2) is 19.3 Å². The maximum atomic E-state index is 14.6. The Kier molecular flexibility index (Phi) is 10.2. The lowest BCUT2D eigenvalue weighted by Crippen LogP contribution is -2.02. The highest BCUT2D eigenvalue weighted by molar-refractivity contribution is 5.64. The van der Waals surface area contributed by atoms with Gasteiger partial charge in [-0.3, -0.25) is 0 Å². The molecule has 3 aromatic rings. The van der Waals surface area contributed by atoms with E-state index in [0.29, 0.717) is 19.1 Å². The number of unbranched alkanes of at least 4 members (excludes halogenated alkanes) is 6. The van der Waals surface area contributed by atoms with Crippen LogP contribution in [0.25, 0.3) is 22.5 Å². The average molecular weight is 470 g/mol. The Balaban J connectivity index is 1.57. The van der Waals surface area contributed by atoms with Crippen LogP contribution in [-0.2, 0) is 0 Å². The minimum absolute atomic E-state index is 0.0107. The van der Waals surface area contributed by atoms with Gasteiger partial charge in [0, 0.05) is 35.8 Å². The van der Waals surface area contributed by atoms with Crippen molar-refractivity contribution in [3.8, 4) is 34.1 Å². The Labute approximate surface area is 200 Å². The molecule has 0 aliphatic heterocycles. The Morgan fingerprint density at radius 3 is 2.03 bits per heavy atom. The quantitative estimate of drug-likeness (QED) is 0.230. The van der Waals surface area contributed by atoms with E-state index < -0.39 is 11.6 Å². The predicted octanol–water partition coefficient (Wildman–Crippen LogP) is 7.40. The molecule has 0 aliphatic rings. The van der Waals surface area contributed by atoms with Gasteiger partial charge in [0.05, 0.1) is 18.8 Å². The number of nitrogens with zero attached hydrogens (tertiary/aromatic N) is 3. The highest BCUT2D eigenvalue weighted by Gasteiger charge is 2.17. The van der Waals surface area contributed by atoms with Crippen molar-refractivity contribution in [3.63, 3.8) is 0 Å². The molecule has 0 saturated heterocycles. The zero-order valence-corrected chi connectivity index (χ0v) is 20.0. The lowest BCUT2D eigenvalue weighted by Gasteiger charge is -2.10. The molecular weight excluding hydrogens is 436 g/mol. The van der Waals surface area contributed by atoms with Crippen LogP contribution in [0.2, 0.25) is 0 Å². The fourth-order valence-corrected chi connectivity index (χ4v) is 3.45. The smallest absolute Gasteiger partial charge is 0.213 e. The predicted molar refractivity (Wildman–Crippen MR) is 130 cm³/mol. The molecule has 3 rings (SSSR count). The number of pyridine rings is 1. The summed E-state index contributed by atoms with van der Waals surface area (Å²) in [5.41, 5.74) is 1.52. The Morgan fingerprint density at radius 1 is 0.647 bits per heavy atom. The molecule has 182 valence electrons. The van der Waals surface area contributed by atoms with Gasteiger partial charge in [-0.05, 0) is 31.0 Å². The molecule has 0 N–H and O–H groups in total. The molecule has 0 unspecified atom stereocenters. The molecular formula is C27H33F2N3O2. The van der Waals surface area contributed by atoms with Gasteiger partial charge in [0.15, 0.2) is 17.4 Å². The molecule has 0 amide bonds. The number of rotatable bonds is 14. The van der Waals surface area contributed by atoms with Crippen LogP contribution in [0.15, 0.2) is 42.9 Å². The summed E-state index contributed by atoms with van der Waals surface area (Å²) >= 11 is 0. The normalized spacial score (nSPS) is 10.9. The van der Waals surface area contributed by atoms with Crippen molar-refractivity contribution < 1.29 is 18.3 Å². The van der Waals surface area contributed by atoms with Crippen molar-refractivity contribution in [2.24, 2.45) is 0 Å². The van der Waals surface area contributed by atoms with Gasteiger partial charge < -0.3 is 9.47 Å². The number of hydrogen-bond acceptors (Lipinski definition) is 5. The van der Waals surface area contributed by atoms with Crippen molar-refractivity contribution in [1.29, 1.82) is 0 Å².